The lowest BCUT2D eigenvalue weighted by atomic mass is 10.2. The van der Waals surface area contributed by atoms with Crippen LogP contribution in [0.2, 0.25) is 0 Å². The average Bonchev–Trinajstić information content (AvgIpc) is 3.18. The number of ketones is 2. The van der Waals surface area contributed by atoms with Crippen LogP contribution in [0, 0.1) is 0 Å². The molecular weight excluding hydrogens is 716 g/mol. The fourth-order valence-electron chi connectivity index (χ4n) is 4.66. The van der Waals surface area contributed by atoms with Crippen LogP contribution in [0.5, 0.6) is 17.2 Å². The number of hydrogen-bond acceptors (Lipinski definition) is 13. The summed E-state index contributed by atoms with van der Waals surface area (Å²) in [5, 5.41) is 29.0. The molecule has 0 aliphatic carbocycles. The van der Waals surface area contributed by atoms with Gasteiger partial charge in [-0.15, -0.1) is 0 Å². The molecule has 6 aromatic rings. The zero-order valence-corrected chi connectivity index (χ0v) is 31.8. The third-order valence-corrected chi connectivity index (χ3v) is 6.93. The van der Waals surface area contributed by atoms with E-state index in [1.54, 1.807) is 12.1 Å². The van der Waals surface area contributed by atoms with Crippen LogP contribution in [0.15, 0.2) is 100 Å². The van der Waals surface area contributed by atoms with Gasteiger partial charge in [0.1, 0.15) is 69.5 Å². The van der Waals surface area contributed by atoms with Crippen LogP contribution in [0.3, 0.4) is 0 Å². The number of fused-ring (bicyclic) bond motifs is 3. The van der Waals surface area contributed by atoms with Gasteiger partial charge in [0.15, 0.2) is 39.4 Å². The zero-order valence-electron chi connectivity index (χ0n) is 31.8. The molecule has 3 heterocycles. The topological polar surface area (TPSA) is 221 Å². The highest BCUT2D eigenvalue weighted by atomic mass is 16.5. The Labute approximate surface area is 315 Å². The molecule has 0 bridgehead atoms. The van der Waals surface area contributed by atoms with Gasteiger partial charge in [-0.05, 0) is 36.4 Å². The second-order valence-corrected chi connectivity index (χ2v) is 10.5. The minimum atomic E-state index is -1.38. The number of hydrogen-bond donors (Lipinski definition) is 3. The first-order chi connectivity index (χ1) is 26.3. The number of carboxylic acid groups (broad SMARTS) is 1. The summed E-state index contributed by atoms with van der Waals surface area (Å²) in [5.74, 6) is -2.54. The summed E-state index contributed by atoms with van der Waals surface area (Å²) in [5.41, 5.74) is -1.07. The summed E-state index contributed by atoms with van der Waals surface area (Å²) >= 11 is 0. The van der Waals surface area contributed by atoms with Gasteiger partial charge in [0, 0.05) is 32.0 Å². The number of carbonyl (C=O) groups excluding carboxylic acids is 2. The molecule has 0 fully saturated rings. The Hall–Kier alpha value is -6.54. The average molecular weight is 761 g/mol. The predicted molar refractivity (Wildman–Crippen MR) is 207 cm³/mol. The fourth-order valence-corrected chi connectivity index (χ4v) is 4.66. The molecule has 0 aliphatic rings. The Morgan fingerprint density at radius 2 is 0.927 bits per heavy atom. The number of phenolic OH excluding ortho intramolecular Hbond substituents is 1. The summed E-state index contributed by atoms with van der Waals surface area (Å²) in [6.07, 6.45) is -1.15. The maximum absolute atomic E-state index is 12.4. The number of aliphatic hydroxyl groups excluding tert-OH is 1. The van der Waals surface area contributed by atoms with E-state index in [1.165, 1.54) is 56.3 Å². The summed E-state index contributed by atoms with van der Waals surface area (Å²) in [4.78, 5) is 70.0. The number of aromatic carboxylic acids is 1. The highest BCUT2D eigenvalue weighted by Gasteiger charge is 2.17. The van der Waals surface area contributed by atoms with Crippen molar-refractivity contribution in [3.63, 3.8) is 0 Å². The molecule has 0 amide bonds. The molecule has 14 nitrogen and oxygen atoms in total. The van der Waals surface area contributed by atoms with Crippen LogP contribution in [-0.4, -0.2) is 52.2 Å². The molecule has 3 aromatic carbocycles. The molecule has 292 valence electrons. The molecule has 3 aromatic heterocycles. The number of carbonyl (C=O) groups is 3. The molecule has 0 aliphatic heterocycles. The van der Waals surface area contributed by atoms with Crippen LogP contribution in [-0.2, 0) is 0 Å². The van der Waals surface area contributed by atoms with Crippen molar-refractivity contribution < 1.29 is 52.4 Å². The van der Waals surface area contributed by atoms with Crippen molar-refractivity contribution in [2.75, 3.05) is 13.2 Å². The van der Waals surface area contributed by atoms with E-state index in [4.69, 9.17) is 27.8 Å². The number of phenols is 1. The van der Waals surface area contributed by atoms with Crippen molar-refractivity contribution in [2.45, 2.75) is 61.5 Å². The summed E-state index contributed by atoms with van der Waals surface area (Å²) < 4.78 is 27.0. The van der Waals surface area contributed by atoms with Gasteiger partial charge in [0.25, 0.3) is 0 Å². The number of aliphatic hydroxyl groups is 1. The van der Waals surface area contributed by atoms with E-state index in [-0.39, 0.29) is 86.5 Å². The Balaban J connectivity index is 0.000000414. The van der Waals surface area contributed by atoms with Gasteiger partial charge in [-0.3, -0.25) is 24.0 Å². The molecule has 0 spiro atoms. The van der Waals surface area contributed by atoms with Crippen LogP contribution in [0.25, 0.3) is 32.9 Å². The van der Waals surface area contributed by atoms with E-state index < -0.39 is 34.1 Å². The van der Waals surface area contributed by atoms with Crippen molar-refractivity contribution in [2.24, 2.45) is 0 Å². The third-order valence-electron chi connectivity index (χ3n) is 6.93. The Kier molecular flexibility index (Phi) is 17.2. The first kappa shape index (κ1) is 44.6. The number of carboxylic acids is 1. The summed E-state index contributed by atoms with van der Waals surface area (Å²) in [6, 6.07) is 16.5. The second kappa shape index (κ2) is 21.2. The molecule has 0 radical (unpaired) electrons. The molecule has 6 rings (SSSR count). The lowest BCUT2D eigenvalue weighted by Crippen LogP contribution is -2.25. The van der Waals surface area contributed by atoms with E-state index >= 15 is 0 Å². The van der Waals surface area contributed by atoms with Gasteiger partial charge in [0.05, 0.1) is 0 Å². The van der Waals surface area contributed by atoms with Crippen molar-refractivity contribution in [3.8, 4) is 17.2 Å². The molecule has 1 unspecified atom stereocenters. The van der Waals surface area contributed by atoms with Crippen LogP contribution in [0.4, 0.5) is 0 Å². The highest BCUT2D eigenvalue weighted by molar-refractivity contribution is 5.95. The van der Waals surface area contributed by atoms with Crippen molar-refractivity contribution in [1.29, 1.82) is 0 Å². The SMILES string of the molecule is CC.CC.CC.CC(=O)c1cc(=O)c2c(O)cccc2o1.CC(=O)c1cc(=O)c2c(OCC(O)COc3cccc4oc(C(=O)O)cc(=O)c34)cccc2o1. The Morgan fingerprint density at radius 3 is 1.33 bits per heavy atom. The first-order valence-corrected chi connectivity index (χ1v) is 17.4. The van der Waals surface area contributed by atoms with E-state index in [2.05, 4.69) is 0 Å². The van der Waals surface area contributed by atoms with Gasteiger partial charge in [-0.2, -0.15) is 0 Å². The van der Waals surface area contributed by atoms with Crippen molar-refractivity contribution in [3.05, 3.63) is 121 Å². The number of benzene rings is 3. The molecule has 14 heteroatoms. The van der Waals surface area contributed by atoms with E-state index in [9.17, 15) is 39.0 Å². The number of ether oxygens (including phenoxy) is 2. The third kappa shape index (κ3) is 11.2. The number of Topliss-reactive ketones (excluding diaryl/α,β-unsaturated/α-hetero) is 2. The largest absolute Gasteiger partial charge is 0.507 e. The molecular formula is C41H44O14. The van der Waals surface area contributed by atoms with Crippen molar-refractivity contribution in [1.82, 2.24) is 0 Å². The van der Waals surface area contributed by atoms with Gasteiger partial charge >= 0.3 is 5.97 Å². The van der Waals surface area contributed by atoms with Crippen LogP contribution in [0.1, 0.15) is 87.1 Å². The first-order valence-electron chi connectivity index (χ1n) is 17.4. The minimum Gasteiger partial charge on any atom is -0.507 e. The minimum absolute atomic E-state index is 0.00176. The summed E-state index contributed by atoms with van der Waals surface area (Å²) in [7, 11) is 0. The quantitative estimate of drug-likeness (QED) is 0.122. The maximum atomic E-state index is 12.4. The normalized spacial score (nSPS) is 10.6. The highest BCUT2D eigenvalue weighted by Crippen LogP contribution is 2.26. The number of rotatable bonds is 9. The smallest absolute Gasteiger partial charge is 0.371 e. The van der Waals surface area contributed by atoms with Gasteiger partial charge in [-0.25, -0.2) is 4.79 Å². The van der Waals surface area contributed by atoms with E-state index in [1.807, 2.05) is 41.5 Å². The van der Waals surface area contributed by atoms with Crippen LogP contribution < -0.4 is 25.8 Å². The lowest BCUT2D eigenvalue weighted by molar-refractivity contribution is 0.0636. The molecule has 0 saturated heterocycles. The molecule has 1 atom stereocenters. The lowest BCUT2D eigenvalue weighted by Gasteiger charge is -2.15. The van der Waals surface area contributed by atoms with E-state index in [0.717, 1.165) is 18.2 Å². The standard InChI is InChI=1S/C24H18O10.C11H8O4.3C2H6/c1-12(25)20-8-14(27)22-16(4-2-6-18(22)33-20)31-10-13(26)11-32-17-5-3-7-19-23(17)15(28)9-21(34-19)24(29)30;1-6(12)10-5-8(14)11-7(13)3-2-4-9(11)15-10;3*1-2/h2-9,13,26H,10-11H2,1H3,(H,29,30);2-5,13H,1H3;3*1-2H3. The molecule has 55 heavy (non-hydrogen) atoms. The molecule has 0 saturated carbocycles. The van der Waals surface area contributed by atoms with Crippen molar-refractivity contribution >= 4 is 50.4 Å². The maximum Gasteiger partial charge on any atom is 0.371 e. The molecule has 3 N–H and O–H groups in total. The van der Waals surface area contributed by atoms with E-state index in [0.29, 0.717) is 0 Å². The predicted octanol–water partition coefficient (Wildman–Crippen LogP) is 7.40. The monoisotopic (exact) mass is 760 g/mol. The zero-order chi connectivity index (χ0) is 41.4. The number of aromatic hydroxyl groups is 1. The van der Waals surface area contributed by atoms with Gasteiger partial charge < -0.3 is 38.0 Å². The Morgan fingerprint density at radius 1 is 0.582 bits per heavy atom. The van der Waals surface area contributed by atoms with Gasteiger partial charge in [-0.1, -0.05) is 59.7 Å². The summed E-state index contributed by atoms with van der Waals surface area (Å²) in [6.45, 7) is 14.1. The fraction of sp³-hybridized carbons (Fsp3) is 0.268. The van der Waals surface area contributed by atoms with Crippen LogP contribution >= 0.6 is 0 Å². The Bertz CT molecular complexity index is 2320. The second-order valence-electron chi connectivity index (χ2n) is 10.5. The van der Waals surface area contributed by atoms with Gasteiger partial charge in [0.2, 0.25) is 5.76 Å².